The molecule has 8 bridgehead atoms. The summed E-state index contributed by atoms with van der Waals surface area (Å²) in [7, 11) is 1.65. The monoisotopic (exact) mass is 519 g/mol. The van der Waals surface area contributed by atoms with E-state index in [1.54, 1.807) is 7.11 Å². The van der Waals surface area contributed by atoms with E-state index in [0.29, 0.717) is 6.42 Å². The van der Waals surface area contributed by atoms with Gasteiger partial charge in [-0.2, -0.15) is 0 Å². The summed E-state index contributed by atoms with van der Waals surface area (Å²) in [6.45, 7) is 0.0602. The van der Waals surface area contributed by atoms with Crippen LogP contribution in [0.2, 0.25) is 0 Å². The first kappa shape index (κ1) is 23.8. The van der Waals surface area contributed by atoms with Gasteiger partial charge in [-0.25, -0.2) is 9.97 Å². The number of aromatic amines is 2. The van der Waals surface area contributed by atoms with Gasteiger partial charge in [0.1, 0.15) is 5.75 Å². The molecular formula is C29H24CoN4O2+2. The number of nitrogens with zero attached hydrogens (tertiary/aromatic N) is 2. The normalized spacial score (nSPS) is 12.2. The number of aromatic nitrogens is 4. The first-order valence-corrected chi connectivity index (χ1v) is 11.5. The molecule has 6 rings (SSSR count). The summed E-state index contributed by atoms with van der Waals surface area (Å²) in [5.41, 5.74) is 10.4. The molecule has 2 aliphatic rings. The van der Waals surface area contributed by atoms with Crippen LogP contribution in [0.4, 0.5) is 0 Å². The zero-order chi connectivity index (χ0) is 23.8. The minimum atomic E-state index is 0. The van der Waals surface area contributed by atoms with Crippen molar-refractivity contribution in [1.82, 2.24) is 19.9 Å². The van der Waals surface area contributed by atoms with Gasteiger partial charge in [-0.15, -0.1) is 0 Å². The van der Waals surface area contributed by atoms with Crippen LogP contribution >= 0.6 is 0 Å². The van der Waals surface area contributed by atoms with Crippen LogP contribution < -0.4 is 4.74 Å². The van der Waals surface area contributed by atoms with Gasteiger partial charge in [0.2, 0.25) is 0 Å². The Labute approximate surface area is 218 Å². The van der Waals surface area contributed by atoms with Crippen LogP contribution in [0.5, 0.6) is 5.75 Å². The van der Waals surface area contributed by atoms with Gasteiger partial charge in [0.05, 0.1) is 29.9 Å². The van der Waals surface area contributed by atoms with Gasteiger partial charge in [0.25, 0.3) is 0 Å². The van der Waals surface area contributed by atoms with Crippen LogP contribution in [0.25, 0.3) is 45.9 Å². The van der Waals surface area contributed by atoms with Gasteiger partial charge in [-0.1, -0.05) is 6.07 Å². The Bertz CT molecular complexity index is 1660. The second-order valence-electron chi connectivity index (χ2n) is 8.59. The number of nitrogens with one attached hydrogen (secondary N) is 2. The maximum Gasteiger partial charge on any atom is 2.00 e. The number of hydrogen-bond acceptors (Lipinski definition) is 4. The van der Waals surface area contributed by atoms with Crippen molar-refractivity contribution in [2.45, 2.75) is 6.42 Å². The van der Waals surface area contributed by atoms with E-state index in [9.17, 15) is 5.11 Å². The first-order chi connectivity index (χ1) is 17.2. The molecule has 4 aromatic rings. The molecule has 0 fully saturated rings. The maximum absolute atomic E-state index is 9.52. The minimum Gasteiger partial charge on any atom is -0.496 e. The Morgan fingerprint density at radius 1 is 0.750 bits per heavy atom. The van der Waals surface area contributed by atoms with Gasteiger partial charge in [-0.05, 0) is 96.4 Å². The van der Waals surface area contributed by atoms with Crippen LogP contribution in [0.1, 0.15) is 33.9 Å². The van der Waals surface area contributed by atoms with E-state index in [1.165, 1.54) is 0 Å². The Morgan fingerprint density at radius 3 is 1.97 bits per heavy atom. The average Bonchev–Trinajstić information content (AvgIpc) is 3.64. The molecule has 0 saturated carbocycles. The van der Waals surface area contributed by atoms with E-state index in [4.69, 9.17) is 14.7 Å². The molecule has 0 saturated heterocycles. The number of benzene rings is 1. The number of methoxy groups -OCH3 is 1. The van der Waals surface area contributed by atoms with E-state index in [0.717, 1.165) is 67.3 Å². The molecule has 0 spiro atoms. The number of aliphatic hydroxyl groups excluding tert-OH is 1. The smallest absolute Gasteiger partial charge is 0.496 e. The number of H-pyrrole nitrogens is 2. The van der Waals surface area contributed by atoms with E-state index >= 15 is 0 Å². The van der Waals surface area contributed by atoms with E-state index < -0.39 is 0 Å². The van der Waals surface area contributed by atoms with Crippen LogP contribution in [-0.2, 0) is 23.2 Å². The number of ether oxygens (including phenoxy) is 1. The van der Waals surface area contributed by atoms with Gasteiger partial charge in [0.15, 0.2) is 0 Å². The van der Waals surface area contributed by atoms with Gasteiger partial charge < -0.3 is 19.8 Å². The molecular weight excluding hydrogens is 495 g/mol. The van der Waals surface area contributed by atoms with E-state index in [2.05, 4.69) is 28.2 Å². The van der Waals surface area contributed by atoms with Crippen LogP contribution in [-0.4, -0.2) is 38.8 Å². The molecule has 179 valence electrons. The third-order valence-electron chi connectivity index (χ3n) is 6.14. The number of aliphatic hydroxyl groups is 1. The standard InChI is InChI=1S/C29H24N4O2.Co/c1-35-29-9-2-18(12-19(29)10-11-34)27-16-26-15-24-6-5-22(31-24)13-20-3-4-21(30-20)14-23-7-8-25(32-23)17-28(27)33-26;/h2-9,12-17,31-32,34H,10-11H2,1H3;/q;+2. The van der Waals surface area contributed by atoms with Crippen molar-refractivity contribution in [3.8, 4) is 5.75 Å². The molecule has 0 amide bonds. The second-order valence-corrected chi connectivity index (χ2v) is 8.59. The van der Waals surface area contributed by atoms with Crippen molar-refractivity contribution >= 4 is 45.9 Å². The average molecular weight is 519 g/mol. The summed E-state index contributed by atoms with van der Waals surface area (Å²) in [4.78, 5) is 16.5. The quantitative estimate of drug-likeness (QED) is 0.282. The number of hydrogen-bond donors (Lipinski definition) is 3. The molecule has 36 heavy (non-hydrogen) atoms. The van der Waals surface area contributed by atoms with E-state index in [1.807, 2.05) is 66.7 Å². The minimum absolute atomic E-state index is 0. The largest absolute Gasteiger partial charge is 2.00 e. The molecule has 1 radical (unpaired) electrons. The van der Waals surface area contributed by atoms with Gasteiger partial charge in [0, 0.05) is 34.2 Å². The number of rotatable bonds is 4. The maximum atomic E-state index is 9.52. The molecule has 6 nitrogen and oxygen atoms in total. The van der Waals surface area contributed by atoms with Crippen molar-refractivity contribution < 1.29 is 26.6 Å². The fraction of sp³-hybridized carbons (Fsp3) is 0.103. The predicted molar refractivity (Wildman–Crippen MR) is 141 cm³/mol. The third-order valence-corrected chi connectivity index (χ3v) is 6.14. The van der Waals surface area contributed by atoms with Crippen LogP contribution in [0.3, 0.4) is 0 Å². The first-order valence-electron chi connectivity index (χ1n) is 11.5. The molecule has 0 unspecified atom stereocenters. The summed E-state index contributed by atoms with van der Waals surface area (Å²) in [5.74, 6) is 0.772. The van der Waals surface area contributed by atoms with Crippen molar-refractivity contribution in [2.24, 2.45) is 0 Å². The molecule has 0 atom stereocenters. The third kappa shape index (κ3) is 4.77. The summed E-state index contributed by atoms with van der Waals surface area (Å²) < 4.78 is 5.49. The van der Waals surface area contributed by atoms with E-state index in [-0.39, 0.29) is 23.4 Å². The van der Waals surface area contributed by atoms with Crippen molar-refractivity contribution in [3.05, 3.63) is 101 Å². The zero-order valence-electron chi connectivity index (χ0n) is 19.6. The summed E-state index contributed by atoms with van der Waals surface area (Å²) in [5, 5.41) is 9.52. The van der Waals surface area contributed by atoms with Crippen molar-refractivity contribution in [2.75, 3.05) is 13.7 Å². The molecule has 1 aromatic carbocycles. The topological polar surface area (TPSA) is 86.8 Å². The Kier molecular flexibility index (Phi) is 6.60. The Balaban J connectivity index is 0.00000267. The predicted octanol–water partition coefficient (Wildman–Crippen LogP) is 5.62. The summed E-state index contributed by atoms with van der Waals surface area (Å²) in [6.07, 6.45) is 6.65. The second kappa shape index (κ2) is 9.98. The molecule has 3 N–H and O–H groups in total. The Hall–Kier alpha value is -3.91. The molecule has 0 aliphatic carbocycles. The molecule has 2 aliphatic heterocycles. The fourth-order valence-electron chi connectivity index (χ4n) is 4.51. The van der Waals surface area contributed by atoms with Gasteiger partial charge in [-0.3, -0.25) is 0 Å². The van der Waals surface area contributed by atoms with Crippen molar-refractivity contribution in [1.29, 1.82) is 0 Å². The molecule has 5 heterocycles. The summed E-state index contributed by atoms with van der Waals surface area (Å²) >= 11 is 0. The van der Waals surface area contributed by atoms with Crippen LogP contribution in [0, 0.1) is 0 Å². The SMILES string of the molecule is COc1ccc(C2=Cc3cc4ccc(cc5nc(cc6ccc(cc2n3)[nH]6)C=C5)[nH]4)cc1CCO.[Co+2]. The zero-order valence-corrected chi connectivity index (χ0v) is 20.6. The van der Waals surface area contributed by atoms with Crippen LogP contribution in [0.15, 0.2) is 66.7 Å². The molecule has 3 aromatic heterocycles. The van der Waals surface area contributed by atoms with Crippen molar-refractivity contribution in [3.63, 3.8) is 0 Å². The Morgan fingerprint density at radius 2 is 1.36 bits per heavy atom. The van der Waals surface area contributed by atoms with Gasteiger partial charge >= 0.3 is 16.8 Å². The molecule has 7 heteroatoms. The fourth-order valence-corrected chi connectivity index (χ4v) is 4.51. The number of fused-ring (bicyclic) bond motifs is 8. The summed E-state index contributed by atoms with van der Waals surface area (Å²) in [6, 6.07) is 22.4.